The molecule has 1 unspecified atom stereocenters. The van der Waals surface area contributed by atoms with E-state index in [1.165, 1.54) is 34.3 Å². The van der Waals surface area contributed by atoms with Gasteiger partial charge in [-0.1, -0.05) is 54.1 Å². The summed E-state index contributed by atoms with van der Waals surface area (Å²) in [6.45, 7) is 3.31. The number of anilines is 1. The second kappa shape index (κ2) is 11.6. The molecule has 1 amide bonds. The van der Waals surface area contributed by atoms with Crippen molar-refractivity contribution in [1.82, 2.24) is 15.3 Å². The van der Waals surface area contributed by atoms with Crippen molar-refractivity contribution in [2.45, 2.75) is 25.3 Å². The third-order valence-corrected chi connectivity index (χ3v) is 5.75. The molecule has 1 heterocycles. The molecule has 0 radical (unpaired) electrons. The van der Waals surface area contributed by atoms with Gasteiger partial charge >= 0.3 is 12.0 Å². The maximum absolute atomic E-state index is 13.1. The van der Waals surface area contributed by atoms with Gasteiger partial charge in [-0.15, -0.1) is 0 Å². The molecule has 0 aliphatic carbocycles. The van der Waals surface area contributed by atoms with E-state index in [4.69, 9.17) is 26.5 Å². The lowest BCUT2D eigenvalue weighted by Gasteiger charge is -2.24. The molecule has 0 saturated carbocycles. The molecule has 0 fully saturated rings. The molecule has 1 atom stereocenters. The van der Waals surface area contributed by atoms with Gasteiger partial charge in [-0.25, -0.2) is 9.78 Å². The lowest BCUT2D eigenvalue weighted by molar-refractivity contribution is -0.146. The number of esters is 1. The zero-order chi connectivity index (χ0) is 26.3. The van der Waals surface area contributed by atoms with Crippen molar-refractivity contribution in [2.75, 3.05) is 26.1 Å². The average molecular weight is 510 g/mol. The molecule has 1 aromatic heterocycles. The molecule has 2 aromatic carbocycles. The van der Waals surface area contributed by atoms with Crippen LogP contribution in [0.25, 0.3) is 0 Å². The summed E-state index contributed by atoms with van der Waals surface area (Å²) in [7, 11) is 2.67. The minimum Gasteiger partial charge on any atom is -0.467 e. The maximum atomic E-state index is 13.1. The van der Waals surface area contributed by atoms with Gasteiger partial charge in [0.25, 0.3) is 5.91 Å². The molecular weight excluding hydrogens is 482 g/mol. The van der Waals surface area contributed by atoms with Crippen molar-refractivity contribution in [3.8, 4) is 6.01 Å². The molecule has 188 valence electrons. The van der Waals surface area contributed by atoms with Crippen LogP contribution in [-0.2, 0) is 9.53 Å². The van der Waals surface area contributed by atoms with Crippen LogP contribution in [0.2, 0.25) is 5.02 Å². The lowest BCUT2D eigenvalue weighted by atomic mass is 9.90. The molecule has 3 aromatic rings. The van der Waals surface area contributed by atoms with E-state index in [2.05, 4.69) is 20.6 Å². The fourth-order valence-corrected chi connectivity index (χ4v) is 3.65. The monoisotopic (exact) mass is 509 g/mol. The number of aromatic nitrogens is 2. The molecule has 0 bridgehead atoms. The Hall–Kier alpha value is -3.98. The van der Waals surface area contributed by atoms with Gasteiger partial charge in [-0.3, -0.25) is 4.79 Å². The third-order valence-electron chi connectivity index (χ3n) is 5.49. The zero-order valence-electron chi connectivity index (χ0n) is 20.5. The number of benzene rings is 2. The summed E-state index contributed by atoms with van der Waals surface area (Å²) in [4.78, 5) is 33.5. The maximum Gasteiger partial charge on any atom is 0.330 e. The number of amides is 1. The highest BCUT2D eigenvalue weighted by atomic mass is 35.5. The van der Waals surface area contributed by atoms with Gasteiger partial charge in [0.1, 0.15) is 16.9 Å². The fourth-order valence-electron chi connectivity index (χ4n) is 3.52. The highest BCUT2D eigenvalue weighted by molar-refractivity contribution is 6.30. The molecule has 0 spiro atoms. The number of halogens is 1. The normalized spacial score (nSPS) is 11.8. The van der Waals surface area contributed by atoms with E-state index in [9.17, 15) is 9.59 Å². The van der Waals surface area contributed by atoms with Crippen LogP contribution in [0.15, 0.2) is 60.8 Å². The van der Waals surface area contributed by atoms with Crippen molar-refractivity contribution in [3.05, 3.63) is 82.5 Å². The summed E-state index contributed by atoms with van der Waals surface area (Å²) >= 11 is 6.03. The molecule has 10 heteroatoms. The number of hydrogen-bond donors (Lipinski definition) is 3. The van der Waals surface area contributed by atoms with Crippen LogP contribution < -0.4 is 15.4 Å². The van der Waals surface area contributed by atoms with Gasteiger partial charge in [-0.05, 0) is 37.1 Å². The predicted octanol–water partition coefficient (Wildman–Crippen LogP) is 4.08. The molecule has 0 saturated heterocycles. The van der Waals surface area contributed by atoms with Crippen molar-refractivity contribution in [1.29, 1.82) is 5.41 Å². The van der Waals surface area contributed by atoms with E-state index in [1.54, 1.807) is 24.3 Å². The Morgan fingerprint density at radius 2 is 1.75 bits per heavy atom. The molecule has 9 nitrogen and oxygen atoms in total. The summed E-state index contributed by atoms with van der Waals surface area (Å²) in [6, 6.07) is 16.7. The van der Waals surface area contributed by atoms with Gasteiger partial charge in [0.05, 0.1) is 14.2 Å². The number of hydrogen-bond acceptors (Lipinski definition) is 8. The quantitative estimate of drug-likeness (QED) is 0.277. The Morgan fingerprint density at radius 1 is 1.08 bits per heavy atom. The Balaban J connectivity index is 1.92. The highest BCUT2D eigenvalue weighted by Crippen LogP contribution is 2.24. The topological polar surface area (TPSA) is 126 Å². The number of ether oxygens (including phenoxy) is 2. The number of nitrogens with zero attached hydrogens (tertiary/aromatic N) is 2. The Kier molecular flexibility index (Phi) is 8.60. The first-order valence-electron chi connectivity index (χ1n) is 11.1. The predicted molar refractivity (Wildman–Crippen MR) is 138 cm³/mol. The molecule has 0 aliphatic rings. The van der Waals surface area contributed by atoms with E-state index in [-0.39, 0.29) is 29.9 Å². The van der Waals surface area contributed by atoms with Crippen LogP contribution >= 0.6 is 11.6 Å². The van der Waals surface area contributed by atoms with E-state index >= 15 is 0 Å². The second-order valence-electron chi connectivity index (χ2n) is 8.45. The van der Waals surface area contributed by atoms with Gasteiger partial charge in [0.15, 0.2) is 0 Å². The number of carbonyl (C=O) groups excluding carboxylic acids is 2. The van der Waals surface area contributed by atoms with Crippen LogP contribution in [0.1, 0.15) is 41.3 Å². The Bertz CT molecular complexity index is 1230. The summed E-state index contributed by atoms with van der Waals surface area (Å²) < 4.78 is 9.91. The fraction of sp³-hybridized carbons (Fsp3) is 0.269. The largest absolute Gasteiger partial charge is 0.467 e. The standard InChI is InChI=1S/C26H28ClN5O4/c1-26(2,24(34)35-3)32-23(33)20-15-30-25(36-4)31-22(20)29-14-19(16-8-6-5-7-9-16)21(28)17-10-12-18(27)13-11-17/h5-13,15,19,28H,14H2,1-4H3,(H,32,33)(H,29,30,31). The summed E-state index contributed by atoms with van der Waals surface area (Å²) in [5.74, 6) is -1.35. The van der Waals surface area contributed by atoms with Crippen LogP contribution in [-0.4, -0.2) is 53.9 Å². The zero-order valence-corrected chi connectivity index (χ0v) is 21.2. The third kappa shape index (κ3) is 6.37. The van der Waals surface area contributed by atoms with E-state index in [0.29, 0.717) is 16.3 Å². The molecular formula is C26H28ClN5O4. The van der Waals surface area contributed by atoms with Crippen molar-refractivity contribution < 1.29 is 19.1 Å². The average Bonchev–Trinajstić information content (AvgIpc) is 2.88. The minimum atomic E-state index is -1.27. The van der Waals surface area contributed by atoms with Crippen molar-refractivity contribution in [3.63, 3.8) is 0 Å². The summed E-state index contributed by atoms with van der Waals surface area (Å²) in [5, 5.41) is 15.3. The van der Waals surface area contributed by atoms with Gasteiger partial charge in [-0.2, -0.15) is 4.98 Å². The SMILES string of the molecule is COC(=O)C(C)(C)NC(=O)c1cnc(OC)nc1NCC(C(=N)c1ccc(Cl)cc1)c1ccccc1. The molecule has 0 aliphatic heterocycles. The summed E-state index contributed by atoms with van der Waals surface area (Å²) in [6.07, 6.45) is 1.32. The Labute approximate surface area is 214 Å². The minimum absolute atomic E-state index is 0.0605. The van der Waals surface area contributed by atoms with Gasteiger partial charge in [0, 0.05) is 29.4 Å². The number of carbonyl (C=O) groups is 2. The molecule has 3 rings (SSSR count). The van der Waals surface area contributed by atoms with Crippen LogP contribution in [0.4, 0.5) is 5.82 Å². The first kappa shape index (κ1) is 26.6. The summed E-state index contributed by atoms with van der Waals surface area (Å²) in [5.41, 5.74) is 0.825. The molecule has 3 N–H and O–H groups in total. The first-order valence-corrected chi connectivity index (χ1v) is 11.5. The van der Waals surface area contributed by atoms with Crippen LogP contribution in [0, 0.1) is 5.41 Å². The first-order chi connectivity index (χ1) is 17.2. The van der Waals surface area contributed by atoms with Gasteiger partial charge < -0.3 is 25.5 Å². The second-order valence-corrected chi connectivity index (χ2v) is 8.89. The number of rotatable bonds is 10. The highest BCUT2D eigenvalue weighted by Gasteiger charge is 2.32. The lowest BCUT2D eigenvalue weighted by Crippen LogP contribution is -2.50. The van der Waals surface area contributed by atoms with E-state index in [1.807, 2.05) is 30.3 Å². The van der Waals surface area contributed by atoms with Gasteiger partial charge in [0.2, 0.25) is 0 Å². The smallest absolute Gasteiger partial charge is 0.330 e. The molecule has 36 heavy (non-hydrogen) atoms. The van der Waals surface area contributed by atoms with Crippen LogP contribution in [0.5, 0.6) is 6.01 Å². The Morgan fingerprint density at radius 3 is 2.36 bits per heavy atom. The van der Waals surface area contributed by atoms with E-state index in [0.717, 1.165) is 5.56 Å². The number of nitrogens with one attached hydrogen (secondary N) is 3. The van der Waals surface area contributed by atoms with Crippen LogP contribution in [0.3, 0.4) is 0 Å². The van der Waals surface area contributed by atoms with Crippen molar-refractivity contribution in [2.24, 2.45) is 0 Å². The van der Waals surface area contributed by atoms with E-state index < -0.39 is 17.4 Å². The number of methoxy groups -OCH3 is 2. The van der Waals surface area contributed by atoms with Crippen molar-refractivity contribution >= 4 is 35.0 Å².